The summed E-state index contributed by atoms with van der Waals surface area (Å²) in [6, 6.07) is 4.53. The van der Waals surface area contributed by atoms with Crippen LogP contribution in [0.1, 0.15) is 39.0 Å². The Balaban J connectivity index is 1.30. The Labute approximate surface area is 166 Å². The number of piperidine rings is 1. The van der Waals surface area contributed by atoms with Crippen LogP contribution in [0.5, 0.6) is 0 Å². The lowest BCUT2D eigenvalue weighted by Gasteiger charge is -2.33. The first-order valence-electron chi connectivity index (χ1n) is 10.5. The van der Waals surface area contributed by atoms with E-state index in [0.29, 0.717) is 30.7 Å². The van der Waals surface area contributed by atoms with Crippen LogP contribution in [0.2, 0.25) is 0 Å². The maximum Gasteiger partial charge on any atom is 0.314 e. The molecule has 0 unspecified atom stereocenters. The van der Waals surface area contributed by atoms with Crippen LogP contribution in [-0.2, 0) is 0 Å². The summed E-state index contributed by atoms with van der Waals surface area (Å²) in [5.41, 5.74) is 0.692. The summed E-state index contributed by atoms with van der Waals surface area (Å²) in [4.78, 5) is 16.6. The van der Waals surface area contributed by atoms with Crippen molar-refractivity contribution in [2.45, 2.75) is 45.1 Å². The average Bonchev–Trinajstić information content (AvgIpc) is 3.16. The second-order valence-electron chi connectivity index (χ2n) is 8.07. The molecular weight excluding hydrogens is 362 g/mol. The number of urea groups is 1. The van der Waals surface area contributed by atoms with Crippen LogP contribution in [0.15, 0.2) is 18.2 Å². The minimum absolute atomic E-state index is 0.127. The van der Waals surface area contributed by atoms with Crippen molar-refractivity contribution in [2.75, 3.05) is 44.2 Å². The van der Waals surface area contributed by atoms with Crippen molar-refractivity contribution >= 4 is 11.7 Å². The highest BCUT2D eigenvalue weighted by atomic mass is 19.2. The van der Waals surface area contributed by atoms with E-state index < -0.39 is 11.6 Å². The summed E-state index contributed by atoms with van der Waals surface area (Å²) in [7, 11) is 0. The molecule has 2 atom stereocenters. The van der Waals surface area contributed by atoms with Crippen molar-refractivity contribution in [2.24, 2.45) is 5.92 Å². The fourth-order valence-corrected chi connectivity index (χ4v) is 4.19. The summed E-state index contributed by atoms with van der Waals surface area (Å²) < 4.78 is 26.5. The highest BCUT2D eigenvalue weighted by Gasteiger charge is 2.24. The fourth-order valence-electron chi connectivity index (χ4n) is 4.19. The molecule has 0 saturated carbocycles. The number of anilines is 1. The van der Waals surface area contributed by atoms with E-state index in [9.17, 15) is 13.6 Å². The third-order valence-electron chi connectivity index (χ3n) is 5.95. The Bertz CT molecular complexity index is 657. The van der Waals surface area contributed by atoms with Gasteiger partial charge in [0.15, 0.2) is 11.6 Å². The lowest BCUT2D eigenvalue weighted by Crippen LogP contribution is -2.41. The molecule has 5 nitrogen and oxygen atoms in total. The zero-order chi connectivity index (χ0) is 19.9. The Hall–Kier alpha value is -1.89. The van der Waals surface area contributed by atoms with Crippen molar-refractivity contribution in [3.63, 3.8) is 0 Å². The fraction of sp³-hybridized carbons (Fsp3) is 0.667. The van der Waals surface area contributed by atoms with Crippen LogP contribution in [-0.4, -0.2) is 56.2 Å². The van der Waals surface area contributed by atoms with Gasteiger partial charge in [-0.2, -0.15) is 0 Å². The standard InChI is InChI=1S/C21H32F2N4O/c1-16-5-2-3-10-26(16)11-4-9-24-21(28)25-14-17-8-12-27(15-17)18-6-7-19(22)20(23)13-18/h6-7,13,16-17H,2-5,8-12,14-15H2,1H3,(H2,24,25,28)/t16-,17+/m0/s1. The van der Waals surface area contributed by atoms with Crippen LogP contribution in [0.4, 0.5) is 19.3 Å². The number of carbonyl (C=O) groups excluding carboxylic acids is 1. The van der Waals surface area contributed by atoms with E-state index in [4.69, 9.17) is 0 Å². The van der Waals surface area contributed by atoms with E-state index in [0.717, 1.165) is 38.5 Å². The third-order valence-corrected chi connectivity index (χ3v) is 5.95. The van der Waals surface area contributed by atoms with Gasteiger partial charge in [-0.3, -0.25) is 0 Å². The zero-order valence-electron chi connectivity index (χ0n) is 16.7. The molecule has 2 fully saturated rings. The van der Waals surface area contributed by atoms with Gasteiger partial charge in [0.1, 0.15) is 0 Å². The van der Waals surface area contributed by atoms with Crippen LogP contribution in [0, 0.1) is 17.6 Å². The molecule has 2 aliphatic heterocycles. The lowest BCUT2D eigenvalue weighted by atomic mass is 10.0. The lowest BCUT2D eigenvalue weighted by molar-refractivity contribution is 0.159. The van der Waals surface area contributed by atoms with E-state index in [1.807, 2.05) is 4.90 Å². The van der Waals surface area contributed by atoms with Crippen molar-refractivity contribution in [1.29, 1.82) is 0 Å². The van der Waals surface area contributed by atoms with Crippen LogP contribution in [0.25, 0.3) is 0 Å². The van der Waals surface area contributed by atoms with Crippen molar-refractivity contribution in [3.8, 4) is 0 Å². The number of hydrogen-bond donors (Lipinski definition) is 2. The van der Waals surface area contributed by atoms with Crippen molar-refractivity contribution < 1.29 is 13.6 Å². The number of halogens is 2. The Morgan fingerprint density at radius 1 is 1.14 bits per heavy atom. The number of nitrogens with one attached hydrogen (secondary N) is 2. The molecule has 2 amide bonds. The molecule has 0 spiro atoms. The minimum atomic E-state index is -0.826. The quantitative estimate of drug-likeness (QED) is 0.698. The zero-order valence-corrected chi connectivity index (χ0v) is 16.7. The van der Waals surface area contributed by atoms with Gasteiger partial charge >= 0.3 is 6.03 Å². The van der Waals surface area contributed by atoms with Gasteiger partial charge < -0.3 is 20.4 Å². The molecule has 2 heterocycles. The Morgan fingerprint density at radius 2 is 2.00 bits per heavy atom. The molecule has 156 valence electrons. The van der Waals surface area contributed by atoms with E-state index in [-0.39, 0.29) is 6.03 Å². The van der Waals surface area contributed by atoms with Gasteiger partial charge in [0, 0.05) is 50.5 Å². The van der Waals surface area contributed by atoms with Crippen molar-refractivity contribution in [3.05, 3.63) is 29.8 Å². The summed E-state index contributed by atoms with van der Waals surface area (Å²) in [6.07, 6.45) is 5.77. The van der Waals surface area contributed by atoms with Crippen LogP contribution in [0.3, 0.4) is 0 Å². The molecule has 0 radical (unpaired) electrons. The molecular formula is C21H32F2N4O. The number of amides is 2. The predicted molar refractivity (Wildman–Crippen MR) is 108 cm³/mol. The highest BCUT2D eigenvalue weighted by molar-refractivity contribution is 5.73. The monoisotopic (exact) mass is 394 g/mol. The SMILES string of the molecule is C[C@H]1CCCCN1CCCNC(=O)NC[C@H]1CCN(c2ccc(F)c(F)c2)C1. The van der Waals surface area contributed by atoms with E-state index in [1.54, 1.807) is 6.07 Å². The number of hydrogen-bond acceptors (Lipinski definition) is 3. The van der Waals surface area contributed by atoms with Gasteiger partial charge in [-0.25, -0.2) is 13.6 Å². The molecule has 1 aromatic carbocycles. The molecule has 0 aromatic heterocycles. The van der Waals surface area contributed by atoms with Gasteiger partial charge in [0.2, 0.25) is 0 Å². The summed E-state index contributed by atoms with van der Waals surface area (Å²) >= 11 is 0. The summed E-state index contributed by atoms with van der Waals surface area (Å²) in [5, 5.41) is 5.88. The average molecular weight is 395 g/mol. The predicted octanol–water partition coefficient (Wildman–Crippen LogP) is 3.35. The van der Waals surface area contributed by atoms with Crippen LogP contribution < -0.4 is 15.5 Å². The molecule has 7 heteroatoms. The first kappa shape index (κ1) is 20.8. The molecule has 2 N–H and O–H groups in total. The maximum atomic E-state index is 13.4. The minimum Gasteiger partial charge on any atom is -0.371 e. The number of carbonyl (C=O) groups is 1. The number of rotatable bonds is 7. The first-order chi connectivity index (χ1) is 13.5. The van der Waals surface area contributed by atoms with Gasteiger partial charge in [-0.1, -0.05) is 6.42 Å². The molecule has 28 heavy (non-hydrogen) atoms. The normalized spacial score (nSPS) is 23.0. The molecule has 3 rings (SSSR count). The third kappa shape index (κ3) is 5.80. The Kier molecular flexibility index (Phi) is 7.48. The van der Waals surface area contributed by atoms with Crippen LogP contribution >= 0.6 is 0 Å². The van der Waals surface area contributed by atoms with Gasteiger partial charge in [0.25, 0.3) is 0 Å². The second kappa shape index (κ2) is 10.0. The Morgan fingerprint density at radius 3 is 2.79 bits per heavy atom. The smallest absolute Gasteiger partial charge is 0.314 e. The molecule has 2 aliphatic rings. The molecule has 0 bridgehead atoms. The molecule has 1 aromatic rings. The largest absolute Gasteiger partial charge is 0.371 e. The van der Waals surface area contributed by atoms with E-state index in [1.165, 1.54) is 31.9 Å². The highest BCUT2D eigenvalue weighted by Crippen LogP contribution is 2.25. The van der Waals surface area contributed by atoms with Gasteiger partial charge in [-0.05, 0) is 57.2 Å². The summed E-state index contributed by atoms with van der Waals surface area (Å²) in [6.45, 7) is 7.28. The molecule has 2 saturated heterocycles. The number of benzene rings is 1. The number of nitrogens with zero attached hydrogens (tertiary/aromatic N) is 2. The van der Waals surface area contributed by atoms with E-state index in [2.05, 4.69) is 22.5 Å². The van der Waals surface area contributed by atoms with Crippen molar-refractivity contribution in [1.82, 2.24) is 15.5 Å². The maximum absolute atomic E-state index is 13.4. The molecule has 0 aliphatic carbocycles. The first-order valence-corrected chi connectivity index (χ1v) is 10.5. The second-order valence-corrected chi connectivity index (χ2v) is 8.07. The topological polar surface area (TPSA) is 47.6 Å². The number of likely N-dealkylation sites (tertiary alicyclic amines) is 1. The van der Waals surface area contributed by atoms with Gasteiger partial charge in [-0.15, -0.1) is 0 Å². The van der Waals surface area contributed by atoms with Gasteiger partial charge in [0.05, 0.1) is 0 Å². The summed E-state index contributed by atoms with van der Waals surface area (Å²) in [5.74, 6) is -1.34. The van der Waals surface area contributed by atoms with E-state index >= 15 is 0 Å².